The quantitative estimate of drug-likeness (QED) is 0.734. The highest BCUT2D eigenvalue weighted by Crippen LogP contribution is 2.31. The van der Waals surface area contributed by atoms with E-state index in [9.17, 15) is 4.79 Å². The van der Waals surface area contributed by atoms with Crippen LogP contribution in [0.1, 0.15) is 18.4 Å². The van der Waals surface area contributed by atoms with Crippen molar-refractivity contribution < 1.29 is 23.7 Å². The molecule has 1 aromatic rings. The summed E-state index contributed by atoms with van der Waals surface area (Å²) in [6, 6.07) is 5.97. The summed E-state index contributed by atoms with van der Waals surface area (Å²) in [4.78, 5) is 16.6. The molecule has 3 aliphatic rings. The predicted molar refractivity (Wildman–Crippen MR) is 112 cm³/mol. The Morgan fingerprint density at radius 3 is 2.70 bits per heavy atom. The predicted octanol–water partition coefficient (Wildman–Crippen LogP) is 0.887. The van der Waals surface area contributed by atoms with Crippen LogP contribution in [0.25, 0.3) is 0 Å². The zero-order valence-corrected chi connectivity index (χ0v) is 17.9. The number of nitrogens with zero attached hydrogens (tertiary/aromatic N) is 2. The van der Waals surface area contributed by atoms with Gasteiger partial charge in [0.15, 0.2) is 18.1 Å². The number of rotatable bonds is 6. The van der Waals surface area contributed by atoms with Gasteiger partial charge in [0, 0.05) is 32.7 Å². The molecule has 8 nitrogen and oxygen atoms in total. The van der Waals surface area contributed by atoms with Crippen LogP contribution in [0.2, 0.25) is 0 Å². The van der Waals surface area contributed by atoms with E-state index in [-0.39, 0.29) is 18.1 Å². The van der Waals surface area contributed by atoms with Gasteiger partial charge >= 0.3 is 0 Å². The van der Waals surface area contributed by atoms with Crippen LogP contribution in [-0.4, -0.2) is 94.1 Å². The van der Waals surface area contributed by atoms with Gasteiger partial charge in [-0.25, -0.2) is 0 Å². The summed E-state index contributed by atoms with van der Waals surface area (Å²) < 4.78 is 22.8. The molecule has 1 spiro atoms. The molecule has 166 valence electrons. The lowest BCUT2D eigenvalue weighted by Crippen LogP contribution is -2.55. The molecule has 0 saturated carbocycles. The van der Waals surface area contributed by atoms with Crippen molar-refractivity contribution in [2.75, 3.05) is 72.8 Å². The number of nitrogens with one attached hydrogen (secondary N) is 1. The smallest absolute Gasteiger partial charge is 0.260 e. The van der Waals surface area contributed by atoms with E-state index in [0.717, 1.165) is 52.2 Å². The van der Waals surface area contributed by atoms with Gasteiger partial charge in [-0.2, -0.15) is 0 Å². The fourth-order valence-electron chi connectivity index (χ4n) is 4.47. The lowest BCUT2D eigenvalue weighted by atomic mass is 9.90. The number of piperidine rings is 1. The van der Waals surface area contributed by atoms with Gasteiger partial charge in [-0.3, -0.25) is 9.69 Å². The van der Waals surface area contributed by atoms with Gasteiger partial charge in [0.2, 0.25) is 0 Å². The number of morpholine rings is 2. The number of benzene rings is 1. The molecule has 4 rings (SSSR count). The Kier molecular flexibility index (Phi) is 7.09. The number of ether oxygens (including phenoxy) is 4. The van der Waals surface area contributed by atoms with E-state index < -0.39 is 0 Å². The molecule has 1 aromatic carbocycles. The Hall–Kier alpha value is -1.87. The Bertz CT molecular complexity index is 711. The molecule has 30 heavy (non-hydrogen) atoms. The van der Waals surface area contributed by atoms with Gasteiger partial charge in [-0.15, -0.1) is 0 Å². The lowest BCUT2D eigenvalue weighted by Gasteiger charge is -2.45. The Morgan fingerprint density at radius 2 is 1.93 bits per heavy atom. The average molecular weight is 420 g/mol. The van der Waals surface area contributed by atoms with Gasteiger partial charge in [0.05, 0.1) is 32.5 Å². The first-order valence-electron chi connectivity index (χ1n) is 10.9. The first kappa shape index (κ1) is 21.4. The highest BCUT2D eigenvalue weighted by Gasteiger charge is 2.37. The molecular formula is C22H33N3O5. The molecule has 0 unspecified atom stereocenters. The summed E-state index contributed by atoms with van der Waals surface area (Å²) in [6.45, 7) is 8.00. The Balaban J connectivity index is 1.34. The highest BCUT2D eigenvalue weighted by atomic mass is 16.5. The summed E-state index contributed by atoms with van der Waals surface area (Å²) in [6.07, 6.45) is 2.13. The Morgan fingerprint density at radius 1 is 1.13 bits per heavy atom. The van der Waals surface area contributed by atoms with Gasteiger partial charge in [-0.05, 0) is 43.6 Å². The van der Waals surface area contributed by atoms with Crippen LogP contribution in [0, 0.1) is 0 Å². The van der Waals surface area contributed by atoms with Crippen molar-refractivity contribution >= 4 is 5.91 Å². The van der Waals surface area contributed by atoms with Crippen molar-refractivity contribution in [3.8, 4) is 11.5 Å². The number of amides is 1. The number of carbonyl (C=O) groups is 1. The van der Waals surface area contributed by atoms with E-state index in [2.05, 4.69) is 16.3 Å². The first-order chi connectivity index (χ1) is 14.7. The van der Waals surface area contributed by atoms with E-state index in [0.29, 0.717) is 37.8 Å². The molecule has 3 fully saturated rings. The third-order valence-corrected chi connectivity index (χ3v) is 6.19. The maximum Gasteiger partial charge on any atom is 0.260 e. The molecule has 0 atom stereocenters. The van der Waals surface area contributed by atoms with E-state index in [1.807, 2.05) is 12.1 Å². The van der Waals surface area contributed by atoms with E-state index in [4.69, 9.17) is 18.9 Å². The second-order valence-corrected chi connectivity index (χ2v) is 8.26. The minimum absolute atomic E-state index is 0.00348. The summed E-state index contributed by atoms with van der Waals surface area (Å²) in [7, 11) is 1.63. The van der Waals surface area contributed by atoms with Crippen molar-refractivity contribution in [1.29, 1.82) is 0 Å². The van der Waals surface area contributed by atoms with Crippen molar-refractivity contribution in [1.82, 2.24) is 15.1 Å². The second-order valence-electron chi connectivity index (χ2n) is 8.26. The van der Waals surface area contributed by atoms with Crippen LogP contribution >= 0.6 is 0 Å². The van der Waals surface area contributed by atoms with Crippen molar-refractivity contribution in [3.05, 3.63) is 23.8 Å². The molecule has 1 N–H and O–H groups in total. The number of methoxy groups -OCH3 is 1. The van der Waals surface area contributed by atoms with Gasteiger partial charge in [0.1, 0.15) is 0 Å². The average Bonchev–Trinajstić information content (AvgIpc) is 2.79. The SMILES string of the molecule is COc1cc(CN2CCOC3(CCNCC3)C2)ccc1OCC(=O)N1CCOCC1. The van der Waals surface area contributed by atoms with Crippen molar-refractivity contribution in [2.24, 2.45) is 0 Å². The lowest BCUT2D eigenvalue weighted by molar-refractivity contribution is -0.137. The van der Waals surface area contributed by atoms with E-state index >= 15 is 0 Å². The van der Waals surface area contributed by atoms with Crippen LogP contribution < -0.4 is 14.8 Å². The van der Waals surface area contributed by atoms with Crippen LogP contribution in [0.15, 0.2) is 18.2 Å². The van der Waals surface area contributed by atoms with Gasteiger partial charge in [-0.1, -0.05) is 6.07 Å². The largest absolute Gasteiger partial charge is 0.493 e. The summed E-state index contributed by atoms with van der Waals surface area (Å²) in [5.41, 5.74) is 1.17. The minimum Gasteiger partial charge on any atom is -0.493 e. The summed E-state index contributed by atoms with van der Waals surface area (Å²) >= 11 is 0. The van der Waals surface area contributed by atoms with Crippen LogP contribution in [-0.2, 0) is 20.8 Å². The monoisotopic (exact) mass is 419 g/mol. The van der Waals surface area contributed by atoms with Crippen molar-refractivity contribution in [3.63, 3.8) is 0 Å². The molecule has 0 radical (unpaired) electrons. The number of carbonyl (C=O) groups excluding carboxylic acids is 1. The topological polar surface area (TPSA) is 72.5 Å². The van der Waals surface area contributed by atoms with Crippen LogP contribution in [0.4, 0.5) is 0 Å². The standard InChI is InChI=1S/C22H33N3O5/c1-27-20-14-18(15-24-8-13-30-22(17-24)4-6-23-7-5-22)2-3-19(20)29-16-21(26)25-9-11-28-12-10-25/h2-3,14,23H,4-13,15-17H2,1H3. The third-order valence-electron chi connectivity index (χ3n) is 6.19. The molecule has 3 heterocycles. The molecule has 0 aliphatic carbocycles. The molecular weight excluding hydrogens is 386 g/mol. The van der Waals surface area contributed by atoms with Gasteiger partial charge < -0.3 is 29.2 Å². The summed E-state index contributed by atoms with van der Waals surface area (Å²) in [5, 5.41) is 3.42. The van der Waals surface area contributed by atoms with E-state index in [1.165, 1.54) is 5.56 Å². The van der Waals surface area contributed by atoms with E-state index in [1.54, 1.807) is 12.0 Å². The molecule has 3 saturated heterocycles. The first-order valence-corrected chi connectivity index (χ1v) is 10.9. The fraction of sp³-hybridized carbons (Fsp3) is 0.682. The van der Waals surface area contributed by atoms with Crippen LogP contribution in [0.5, 0.6) is 11.5 Å². The summed E-state index contributed by atoms with van der Waals surface area (Å²) in [5.74, 6) is 1.23. The molecule has 0 aromatic heterocycles. The maximum absolute atomic E-state index is 12.3. The molecule has 3 aliphatic heterocycles. The Labute approximate surface area is 178 Å². The normalized spacial score (nSPS) is 22.1. The molecule has 0 bridgehead atoms. The highest BCUT2D eigenvalue weighted by molar-refractivity contribution is 5.78. The van der Waals surface area contributed by atoms with Crippen molar-refractivity contribution in [2.45, 2.75) is 25.0 Å². The minimum atomic E-state index is -0.0231. The zero-order valence-electron chi connectivity index (χ0n) is 17.9. The second kappa shape index (κ2) is 9.96. The molecule has 8 heteroatoms. The molecule has 1 amide bonds. The van der Waals surface area contributed by atoms with Gasteiger partial charge in [0.25, 0.3) is 5.91 Å². The number of hydrogen-bond donors (Lipinski definition) is 1. The fourth-order valence-corrected chi connectivity index (χ4v) is 4.47. The van der Waals surface area contributed by atoms with Crippen LogP contribution in [0.3, 0.4) is 0 Å². The number of hydrogen-bond acceptors (Lipinski definition) is 7. The zero-order chi connectivity index (χ0) is 20.8. The third kappa shape index (κ3) is 5.24. The maximum atomic E-state index is 12.3.